The van der Waals surface area contributed by atoms with Crippen LogP contribution in [0.2, 0.25) is 0 Å². The highest BCUT2D eigenvalue weighted by Gasteiger charge is 2.26. The van der Waals surface area contributed by atoms with E-state index in [1.54, 1.807) is 30.2 Å². The van der Waals surface area contributed by atoms with Gasteiger partial charge in [-0.2, -0.15) is 0 Å². The SMILES string of the molecule is COc1ccc(NC(=O)N2CCC(CCOc3ccccc3F)C2)cc1. The summed E-state index contributed by atoms with van der Waals surface area (Å²) >= 11 is 0. The Labute approximate surface area is 152 Å². The molecule has 6 heteroatoms. The number of hydrogen-bond donors (Lipinski definition) is 1. The first-order valence-electron chi connectivity index (χ1n) is 8.73. The number of carbonyl (C=O) groups excluding carboxylic acids is 1. The Balaban J connectivity index is 1.42. The number of nitrogens with zero attached hydrogens (tertiary/aromatic N) is 1. The van der Waals surface area contributed by atoms with Gasteiger partial charge < -0.3 is 19.7 Å². The van der Waals surface area contributed by atoms with Crippen LogP contribution in [0.1, 0.15) is 12.8 Å². The quantitative estimate of drug-likeness (QED) is 0.844. The fourth-order valence-corrected chi connectivity index (χ4v) is 3.03. The van der Waals surface area contributed by atoms with Gasteiger partial charge in [-0.25, -0.2) is 9.18 Å². The molecule has 1 heterocycles. The summed E-state index contributed by atoms with van der Waals surface area (Å²) in [5.41, 5.74) is 0.738. The molecule has 0 aromatic heterocycles. The zero-order valence-corrected chi connectivity index (χ0v) is 14.8. The van der Waals surface area contributed by atoms with Crippen molar-refractivity contribution in [2.45, 2.75) is 12.8 Å². The Morgan fingerprint density at radius 2 is 2.00 bits per heavy atom. The van der Waals surface area contributed by atoms with Gasteiger partial charge in [0.25, 0.3) is 0 Å². The lowest BCUT2D eigenvalue weighted by atomic mass is 10.1. The minimum absolute atomic E-state index is 0.104. The molecule has 0 radical (unpaired) electrons. The van der Waals surface area contributed by atoms with E-state index in [-0.39, 0.29) is 17.6 Å². The molecule has 1 N–H and O–H groups in total. The Kier molecular flexibility index (Phi) is 5.94. The van der Waals surface area contributed by atoms with Gasteiger partial charge in [-0.1, -0.05) is 12.1 Å². The lowest BCUT2D eigenvalue weighted by Crippen LogP contribution is -2.33. The molecule has 0 aliphatic carbocycles. The molecule has 1 aliphatic rings. The van der Waals surface area contributed by atoms with Crippen LogP contribution < -0.4 is 14.8 Å². The summed E-state index contributed by atoms with van der Waals surface area (Å²) in [7, 11) is 1.61. The molecule has 1 aliphatic heterocycles. The first-order valence-corrected chi connectivity index (χ1v) is 8.73. The molecular weight excluding hydrogens is 335 g/mol. The van der Waals surface area contributed by atoms with Gasteiger partial charge in [0.1, 0.15) is 5.75 Å². The van der Waals surface area contributed by atoms with E-state index < -0.39 is 0 Å². The summed E-state index contributed by atoms with van der Waals surface area (Å²) in [5.74, 6) is 1.04. The number of ether oxygens (including phenoxy) is 2. The Morgan fingerprint density at radius 3 is 2.73 bits per heavy atom. The summed E-state index contributed by atoms with van der Waals surface area (Å²) in [6.07, 6.45) is 1.72. The number of amides is 2. The van der Waals surface area contributed by atoms with Crippen molar-refractivity contribution < 1.29 is 18.7 Å². The van der Waals surface area contributed by atoms with Crippen molar-refractivity contribution in [1.82, 2.24) is 4.90 Å². The number of rotatable bonds is 6. The van der Waals surface area contributed by atoms with Crippen LogP contribution in [0, 0.1) is 11.7 Å². The standard InChI is InChI=1S/C20H23FN2O3/c1-25-17-8-6-16(7-9-17)22-20(24)23-12-10-15(14-23)11-13-26-19-5-3-2-4-18(19)21/h2-9,15H,10-14H2,1H3,(H,22,24). The van der Waals surface area contributed by atoms with Crippen molar-refractivity contribution >= 4 is 11.7 Å². The molecule has 1 atom stereocenters. The summed E-state index contributed by atoms with van der Waals surface area (Å²) < 4.78 is 24.1. The maximum Gasteiger partial charge on any atom is 0.321 e. The van der Waals surface area contributed by atoms with Crippen molar-refractivity contribution in [3.05, 3.63) is 54.3 Å². The molecule has 2 amide bonds. The van der Waals surface area contributed by atoms with Crippen molar-refractivity contribution in [3.8, 4) is 11.5 Å². The highest BCUT2D eigenvalue weighted by atomic mass is 19.1. The van der Waals surface area contributed by atoms with Crippen molar-refractivity contribution in [1.29, 1.82) is 0 Å². The molecule has 5 nitrogen and oxygen atoms in total. The predicted molar refractivity (Wildman–Crippen MR) is 98.2 cm³/mol. The van der Waals surface area contributed by atoms with Crippen LogP contribution in [0.15, 0.2) is 48.5 Å². The van der Waals surface area contributed by atoms with Crippen LogP contribution in [0.4, 0.5) is 14.9 Å². The maximum absolute atomic E-state index is 13.5. The topological polar surface area (TPSA) is 50.8 Å². The molecular formula is C20H23FN2O3. The number of nitrogens with one attached hydrogen (secondary N) is 1. The van der Waals surface area contributed by atoms with E-state index in [2.05, 4.69) is 5.32 Å². The molecule has 0 saturated carbocycles. The van der Waals surface area contributed by atoms with Gasteiger partial charge in [0, 0.05) is 18.8 Å². The van der Waals surface area contributed by atoms with E-state index in [0.717, 1.165) is 24.3 Å². The highest BCUT2D eigenvalue weighted by molar-refractivity contribution is 5.89. The molecule has 0 spiro atoms. The third-order valence-electron chi connectivity index (χ3n) is 4.53. The average Bonchev–Trinajstić information content (AvgIpc) is 3.13. The molecule has 26 heavy (non-hydrogen) atoms. The van der Waals surface area contributed by atoms with Gasteiger partial charge in [0.05, 0.1) is 13.7 Å². The van der Waals surface area contributed by atoms with Crippen LogP contribution in [0.5, 0.6) is 11.5 Å². The van der Waals surface area contributed by atoms with Crippen molar-refractivity contribution in [3.63, 3.8) is 0 Å². The fraction of sp³-hybridized carbons (Fsp3) is 0.350. The minimum Gasteiger partial charge on any atom is -0.497 e. The number of urea groups is 1. The van der Waals surface area contributed by atoms with E-state index in [4.69, 9.17) is 9.47 Å². The predicted octanol–water partition coefficient (Wildman–Crippen LogP) is 4.16. The van der Waals surface area contributed by atoms with Gasteiger partial charge in [-0.05, 0) is 55.2 Å². The van der Waals surface area contributed by atoms with Crippen LogP contribution in [-0.4, -0.2) is 37.7 Å². The third kappa shape index (κ3) is 4.65. The molecule has 2 aromatic carbocycles. The molecule has 138 valence electrons. The highest BCUT2D eigenvalue weighted by Crippen LogP contribution is 2.23. The second kappa shape index (κ2) is 8.56. The molecule has 1 saturated heterocycles. The molecule has 0 bridgehead atoms. The second-order valence-electron chi connectivity index (χ2n) is 6.33. The Bertz CT molecular complexity index is 736. The molecule has 3 rings (SSSR count). The van der Waals surface area contributed by atoms with E-state index in [9.17, 15) is 9.18 Å². The Morgan fingerprint density at radius 1 is 1.23 bits per heavy atom. The number of carbonyl (C=O) groups is 1. The lowest BCUT2D eigenvalue weighted by Gasteiger charge is -2.17. The minimum atomic E-state index is -0.348. The van der Waals surface area contributed by atoms with Crippen molar-refractivity contribution in [2.24, 2.45) is 5.92 Å². The van der Waals surface area contributed by atoms with Crippen LogP contribution >= 0.6 is 0 Å². The van der Waals surface area contributed by atoms with E-state index in [1.165, 1.54) is 6.07 Å². The molecule has 1 fully saturated rings. The number of anilines is 1. The van der Waals surface area contributed by atoms with E-state index in [0.29, 0.717) is 25.6 Å². The maximum atomic E-state index is 13.5. The summed E-state index contributed by atoms with van der Waals surface area (Å²) in [4.78, 5) is 14.2. The fourth-order valence-electron chi connectivity index (χ4n) is 3.03. The van der Waals surface area contributed by atoms with Gasteiger partial charge in [-0.3, -0.25) is 0 Å². The van der Waals surface area contributed by atoms with Crippen LogP contribution in [0.3, 0.4) is 0 Å². The number of methoxy groups -OCH3 is 1. The first-order chi connectivity index (χ1) is 12.7. The normalized spacial score (nSPS) is 16.4. The lowest BCUT2D eigenvalue weighted by molar-refractivity contribution is 0.218. The van der Waals surface area contributed by atoms with Gasteiger partial charge in [0.2, 0.25) is 0 Å². The zero-order chi connectivity index (χ0) is 18.4. The molecule has 1 unspecified atom stereocenters. The van der Waals surface area contributed by atoms with E-state index >= 15 is 0 Å². The number of hydrogen-bond acceptors (Lipinski definition) is 3. The number of benzene rings is 2. The number of halogens is 1. The summed E-state index contributed by atoms with van der Waals surface area (Å²) in [6.45, 7) is 1.84. The smallest absolute Gasteiger partial charge is 0.321 e. The summed E-state index contributed by atoms with van der Waals surface area (Å²) in [6, 6.07) is 13.5. The average molecular weight is 358 g/mol. The zero-order valence-electron chi connectivity index (χ0n) is 14.8. The van der Waals surface area contributed by atoms with Gasteiger partial charge in [0.15, 0.2) is 11.6 Å². The van der Waals surface area contributed by atoms with Crippen LogP contribution in [-0.2, 0) is 0 Å². The van der Waals surface area contributed by atoms with Crippen LogP contribution in [0.25, 0.3) is 0 Å². The first kappa shape index (κ1) is 18.0. The largest absolute Gasteiger partial charge is 0.497 e. The van der Waals surface area contributed by atoms with Gasteiger partial charge in [-0.15, -0.1) is 0 Å². The van der Waals surface area contributed by atoms with Crippen molar-refractivity contribution in [2.75, 3.05) is 32.1 Å². The summed E-state index contributed by atoms with van der Waals surface area (Å²) in [5, 5.41) is 2.90. The van der Waals surface area contributed by atoms with E-state index in [1.807, 2.05) is 24.3 Å². The monoisotopic (exact) mass is 358 g/mol. The Hall–Kier alpha value is -2.76. The molecule has 2 aromatic rings. The van der Waals surface area contributed by atoms with Gasteiger partial charge >= 0.3 is 6.03 Å². The number of likely N-dealkylation sites (tertiary alicyclic amines) is 1. The number of para-hydroxylation sites is 1. The third-order valence-corrected chi connectivity index (χ3v) is 4.53. The second-order valence-corrected chi connectivity index (χ2v) is 6.33.